The maximum atomic E-state index is 12.6. The van der Waals surface area contributed by atoms with Crippen molar-refractivity contribution in [1.82, 2.24) is 15.2 Å². The number of thiophene rings is 1. The van der Waals surface area contributed by atoms with E-state index in [0.29, 0.717) is 25.2 Å². The maximum Gasteiger partial charge on any atom is 0.264 e. The standard InChI is InChI=1S/C20H26N4O2S2/c1-3-27-13-7-21-19(25)16-4-5-17(22-14-16)23-8-10-24(11-9-23)20(26)18-15(2)6-12-28-18/h4-6,12,14H,3,7-11,13H2,1-2H3,(H,21,25). The largest absolute Gasteiger partial charge is 0.353 e. The van der Waals surface area contributed by atoms with E-state index in [2.05, 4.69) is 22.1 Å². The van der Waals surface area contributed by atoms with E-state index < -0.39 is 0 Å². The molecule has 1 N–H and O–H groups in total. The number of carbonyl (C=O) groups excluding carboxylic acids is 2. The Morgan fingerprint density at radius 3 is 2.61 bits per heavy atom. The first kappa shape index (κ1) is 20.7. The summed E-state index contributed by atoms with van der Waals surface area (Å²) >= 11 is 3.31. The van der Waals surface area contributed by atoms with Crippen molar-refractivity contribution in [2.24, 2.45) is 0 Å². The number of nitrogens with zero attached hydrogens (tertiary/aromatic N) is 3. The van der Waals surface area contributed by atoms with E-state index >= 15 is 0 Å². The van der Waals surface area contributed by atoms with Crippen LogP contribution in [0.15, 0.2) is 29.8 Å². The highest BCUT2D eigenvalue weighted by Gasteiger charge is 2.24. The number of amides is 2. The zero-order chi connectivity index (χ0) is 19.9. The number of piperazine rings is 1. The summed E-state index contributed by atoms with van der Waals surface area (Å²) in [5, 5.41) is 4.87. The lowest BCUT2D eigenvalue weighted by Crippen LogP contribution is -2.49. The molecule has 0 unspecified atom stereocenters. The van der Waals surface area contributed by atoms with E-state index in [1.807, 2.05) is 35.4 Å². The van der Waals surface area contributed by atoms with E-state index in [1.54, 1.807) is 18.0 Å². The molecule has 0 atom stereocenters. The minimum atomic E-state index is -0.0857. The summed E-state index contributed by atoms with van der Waals surface area (Å²) in [6, 6.07) is 5.69. The highest BCUT2D eigenvalue weighted by Crippen LogP contribution is 2.20. The van der Waals surface area contributed by atoms with E-state index in [9.17, 15) is 9.59 Å². The van der Waals surface area contributed by atoms with Crippen molar-refractivity contribution >= 4 is 40.7 Å². The molecule has 0 aliphatic carbocycles. The van der Waals surface area contributed by atoms with Crippen molar-refractivity contribution in [3.63, 3.8) is 0 Å². The van der Waals surface area contributed by atoms with Crippen LogP contribution in [0.4, 0.5) is 5.82 Å². The summed E-state index contributed by atoms with van der Waals surface area (Å²) in [7, 11) is 0. The molecule has 0 saturated carbocycles. The van der Waals surface area contributed by atoms with Crippen molar-refractivity contribution in [3.8, 4) is 0 Å². The Labute approximate surface area is 174 Å². The number of anilines is 1. The average Bonchev–Trinajstić information content (AvgIpc) is 3.16. The molecule has 1 aliphatic heterocycles. The Balaban J connectivity index is 1.51. The van der Waals surface area contributed by atoms with E-state index in [4.69, 9.17) is 0 Å². The van der Waals surface area contributed by atoms with Crippen LogP contribution in [0.3, 0.4) is 0 Å². The van der Waals surface area contributed by atoms with Crippen molar-refractivity contribution in [3.05, 3.63) is 45.8 Å². The fourth-order valence-electron chi connectivity index (χ4n) is 3.06. The van der Waals surface area contributed by atoms with Gasteiger partial charge in [0.25, 0.3) is 11.8 Å². The quantitative estimate of drug-likeness (QED) is 0.701. The van der Waals surface area contributed by atoms with Gasteiger partial charge in [0.1, 0.15) is 5.82 Å². The predicted molar refractivity (Wildman–Crippen MR) is 117 cm³/mol. The number of carbonyl (C=O) groups is 2. The highest BCUT2D eigenvalue weighted by atomic mass is 32.2. The van der Waals surface area contributed by atoms with Gasteiger partial charge in [0.05, 0.1) is 10.4 Å². The number of rotatable bonds is 7. The summed E-state index contributed by atoms with van der Waals surface area (Å²) in [5.41, 5.74) is 1.62. The van der Waals surface area contributed by atoms with Gasteiger partial charge in [0, 0.05) is 44.7 Å². The van der Waals surface area contributed by atoms with Crippen molar-refractivity contribution in [1.29, 1.82) is 0 Å². The Kier molecular flexibility index (Phi) is 7.33. The van der Waals surface area contributed by atoms with Crippen LogP contribution in [-0.2, 0) is 0 Å². The van der Waals surface area contributed by atoms with Gasteiger partial charge in [-0.25, -0.2) is 4.98 Å². The van der Waals surface area contributed by atoms with Crippen LogP contribution in [0.1, 0.15) is 32.5 Å². The normalized spacial score (nSPS) is 14.2. The zero-order valence-electron chi connectivity index (χ0n) is 16.3. The fraction of sp³-hybridized carbons (Fsp3) is 0.450. The lowest BCUT2D eigenvalue weighted by Gasteiger charge is -2.35. The first-order valence-corrected chi connectivity index (χ1v) is 11.5. The van der Waals surface area contributed by atoms with Gasteiger partial charge in [-0.3, -0.25) is 9.59 Å². The predicted octanol–water partition coefficient (Wildman–Crippen LogP) is 2.90. The molecule has 8 heteroatoms. The van der Waals surface area contributed by atoms with Gasteiger partial charge >= 0.3 is 0 Å². The highest BCUT2D eigenvalue weighted by molar-refractivity contribution is 7.99. The van der Waals surface area contributed by atoms with Crippen molar-refractivity contribution in [2.45, 2.75) is 13.8 Å². The summed E-state index contributed by atoms with van der Waals surface area (Å²) in [4.78, 5) is 34.1. The number of pyridine rings is 1. The molecule has 2 amide bonds. The van der Waals surface area contributed by atoms with Gasteiger partial charge in [-0.05, 0) is 41.8 Å². The lowest BCUT2D eigenvalue weighted by atomic mass is 10.2. The third kappa shape index (κ3) is 5.05. The summed E-state index contributed by atoms with van der Waals surface area (Å²) in [6.45, 7) is 7.58. The second-order valence-corrected chi connectivity index (χ2v) is 8.88. The number of nitrogens with one attached hydrogen (secondary N) is 1. The minimum absolute atomic E-state index is 0.0857. The van der Waals surface area contributed by atoms with Crippen LogP contribution in [0, 0.1) is 6.92 Å². The lowest BCUT2D eigenvalue weighted by molar-refractivity contribution is 0.0750. The molecular weight excluding hydrogens is 392 g/mol. The molecule has 1 aliphatic rings. The summed E-state index contributed by atoms with van der Waals surface area (Å²) < 4.78 is 0. The molecule has 1 fully saturated rings. The molecule has 3 heterocycles. The smallest absolute Gasteiger partial charge is 0.264 e. The van der Waals surface area contributed by atoms with Crippen LogP contribution in [0.5, 0.6) is 0 Å². The second kappa shape index (κ2) is 9.93. The molecule has 6 nitrogen and oxygen atoms in total. The van der Waals surface area contributed by atoms with Gasteiger partial charge in [-0.15, -0.1) is 11.3 Å². The Morgan fingerprint density at radius 2 is 2.00 bits per heavy atom. The number of hydrogen-bond acceptors (Lipinski definition) is 6. The van der Waals surface area contributed by atoms with Crippen LogP contribution in [0.25, 0.3) is 0 Å². The molecule has 150 valence electrons. The molecule has 0 spiro atoms. The first-order chi connectivity index (χ1) is 13.6. The Bertz CT molecular complexity index is 799. The number of thioether (sulfide) groups is 1. The van der Waals surface area contributed by atoms with Crippen molar-refractivity contribution in [2.75, 3.05) is 49.1 Å². The molecule has 2 aromatic heterocycles. The van der Waals surface area contributed by atoms with E-state index in [1.165, 1.54) is 11.3 Å². The van der Waals surface area contributed by atoms with Gasteiger partial charge in [-0.2, -0.15) is 11.8 Å². The first-order valence-electron chi connectivity index (χ1n) is 9.50. The Morgan fingerprint density at radius 1 is 1.21 bits per heavy atom. The van der Waals surface area contributed by atoms with Crippen LogP contribution in [0.2, 0.25) is 0 Å². The topological polar surface area (TPSA) is 65.5 Å². The van der Waals surface area contributed by atoms with Gasteiger partial charge in [-0.1, -0.05) is 6.92 Å². The third-order valence-electron chi connectivity index (χ3n) is 4.69. The number of aryl methyl sites for hydroxylation is 1. The Hall–Kier alpha value is -2.06. The third-order valence-corrected chi connectivity index (χ3v) is 6.60. The van der Waals surface area contributed by atoms with Gasteiger partial charge in [0.2, 0.25) is 0 Å². The maximum absolute atomic E-state index is 12.6. The molecule has 0 aromatic carbocycles. The van der Waals surface area contributed by atoms with E-state index in [0.717, 1.165) is 40.9 Å². The SMILES string of the molecule is CCSCCNC(=O)c1ccc(N2CCN(C(=O)c3sccc3C)CC2)nc1. The van der Waals surface area contributed by atoms with Crippen LogP contribution >= 0.6 is 23.1 Å². The summed E-state index contributed by atoms with van der Waals surface area (Å²) in [5.74, 6) is 2.85. The molecule has 28 heavy (non-hydrogen) atoms. The second-order valence-electron chi connectivity index (χ2n) is 6.57. The molecule has 3 rings (SSSR count). The molecular formula is C20H26N4O2S2. The zero-order valence-corrected chi connectivity index (χ0v) is 17.9. The molecule has 1 saturated heterocycles. The van der Waals surface area contributed by atoms with Gasteiger partial charge in [0.15, 0.2) is 0 Å². The fourth-order valence-corrected chi connectivity index (χ4v) is 4.49. The monoisotopic (exact) mass is 418 g/mol. The summed E-state index contributed by atoms with van der Waals surface area (Å²) in [6.07, 6.45) is 1.63. The average molecular weight is 419 g/mol. The van der Waals surface area contributed by atoms with Crippen LogP contribution in [-0.4, -0.2) is 65.9 Å². The minimum Gasteiger partial charge on any atom is -0.353 e. The number of aromatic nitrogens is 1. The molecule has 2 aromatic rings. The van der Waals surface area contributed by atoms with E-state index in [-0.39, 0.29) is 11.8 Å². The van der Waals surface area contributed by atoms with Crippen LogP contribution < -0.4 is 10.2 Å². The van der Waals surface area contributed by atoms with Gasteiger partial charge < -0.3 is 15.1 Å². The van der Waals surface area contributed by atoms with Crippen molar-refractivity contribution < 1.29 is 9.59 Å². The number of hydrogen-bond donors (Lipinski definition) is 1. The molecule has 0 bridgehead atoms. The molecule has 0 radical (unpaired) electrons.